The highest BCUT2D eigenvalue weighted by Crippen LogP contribution is 2.39. The molecule has 0 bridgehead atoms. The number of benzene rings is 1. The van der Waals surface area contributed by atoms with Crippen molar-refractivity contribution in [1.29, 1.82) is 0 Å². The van der Waals surface area contributed by atoms with Crippen LogP contribution in [-0.4, -0.2) is 21.6 Å². The van der Waals surface area contributed by atoms with Crippen LogP contribution in [-0.2, 0) is 4.74 Å². The number of nitrogen functional groups attached to an aromatic ring is 1. The Morgan fingerprint density at radius 1 is 1.35 bits per heavy atom. The SMILES string of the molecule is CCOC(=S)c1sc2nc(C)nc(-c3ccccc3F)c2c1N. The number of ether oxygens (including phenoxy) is 1. The summed E-state index contributed by atoms with van der Waals surface area (Å²) in [4.78, 5) is 10.1. The molecular weight excluding hydrogens is 333 g/mol. The molecule has 3 rings (SSSR count). The van der Waals surface area contributed by atoms with E-state index in [0.717, 1.165) is 0 Å². The molecule has 0 atom stereocenters. The van der Waals surface area contributed by atoms with E-state index in [4.69, 9.17) is 22.7 Å². The number of halogens is 1. The molecule has 0 amide bonds. The van der Waals surface area contributed by atoms with Gasteiger partial charge in [-0.15, -0.1) is 11.3 Å². The molecule has 2 aromatic heterocycles. The van der Waals surface area contributed by atoms with Crippen molar-refractivity contribution in [2.24, 2.45) is 0 Å². The highest BCUT2D eigenvalue weighted by molar-refractivity contribution is 7.81. The molecule has 0 aliphatic rings. The number of rotatable bonds is 3. The zero-order valence-corrected chi connectivity index (χ0v) is 14.2. The predicted octanol–water partition coefficient (Wildman–Crippen LogP) is 4.10. The number of fused-ring (bicyclic) bond motifs is 1. The Kier molecular flexibility index (Phi) is 4.23. The van der Waals surface area contributed by atoms with E-state index >= 15 is 0 Å². The van der Waals surface area contributed by atoms with Crippen LogP contribution >= 0.6 is 23.6 Å². The van der Waals surface area contributed by atoms with E-state index in [1.165, 1.54) is 17.4 Å². The molecule has 0 spiro atoms. The topological polar surface area (TPSA) is 61.0 Å². The third-order valence-electron chi connectivity index (χ3n) is 3.29. The Hall–Kier alpha value is -2.12. The van der Waals surface area contributed by atoms with Crippen LogP contribution in [0.3, 0.4) is 0 Å². The van der Waals surface area contributed by atoms with Gasteiger partial charge in [-0.3, -0.25) is 0 Å². The largest absolute Gasteiger partial charge is 0.483 e. The van der Waals surface area contributed by atoms with E-state index in [1.54, 1.807) is 25.1 Å². The first-order chi connectivity index (χ1) is 11.0. The van der Waals surface area contributed by atoms with Crippen molar-refractivity contribution in [2.75, 3.05) is 12.3 Å². The number of thiocarbonyl (C=S) groups is 1. The zero-order chi connectivity index (χ0) is 16.6. The number of nitrogens with two attached hydrogens (primary N) is 1. The lowest BCUT2D eigenvalue weighted by molar-refractivity contribution is 0.338. The van der Waals surface area contributed by atoms with E-state index in [-0.39, 0.29) is 5.82 Å². The fourth-order valence-corrected chi connectivity index (χ4v) is 3.71. The van der Waals surface area contributed by atoms with Crippen molar-refractivity contribution in [3.63, 3.8) is 0 Å². The average Bonchev–Trinajstić information content (AvgIpc) is 2.84. The molecule has 0 aliphatic carbocycles. The molecule has 3 aromatic rings. The van der Waals surface area contributed by atoms with Gasteiger partial charge in [0, 0.05) is 5.56 Å². The maximum Gasteiger partial charge on any atom is 0.203 e. The minimum atomic E-state index is -0.355. The van der Waals surface area contributed by atoms with Gasteiger partial charge >= 0.3 is 0 Å². The maximum atomic E-state index is 14.2. The molecule has 4 nitrogen and oxygen atoms in total. The molecule has 0 saturated carbocycles. The van der Waals surface area contributed by atoms with Crippen LogP contribution in [0, 0.1) is 12.7 Å². The maximum absolute atomic E-state index is 14.2. The Bertz CT molecular complexity index is 908. The molecule has 0 saturated heterocycles. The highest BCUT2D eigenvalue weighted by atomic mass is 32.1. The lowest BCUT2D eigenvalue weighted by Crippen LogP contribution is -2.03. The molecule has 23 heavy (non-hydrogen) atoms. The molecular formula is C16H14FN3OS2. The van der Waals surface area contributed by atoms with Crippen molar-refractivity contribution in [2.45, 2.75) is 13.8 Å². The van der Waals surface area contributed by atoms with E-state index in [1.807, 2.05) is 6.92 Å². The normalized spacial score (nSPS) is 10.9. The Morgan fingerprint density at radius 3 is 2.78 bits per heavy atom. The minimum absolute atomic E-state index is 0.324. The second-order valence-electron chi connectivity index (χ2n) is 4.84. The van der Waals surface area contributed by atoms with Crippen LogP contribution < -0.4 is 5.73 Å². The van der Waals surface area contributed by atoms with E-state index < -0.39 is 0 Å². The minimum Gasteiger partial charge on any atom is -0.483 e. The van der Waals surface area contributed by atoms with Crippen LogP contribution in [0.2, 0.25) is 0 Å². The van der Waals surface area contributed by atoms with Gasteiger partial charge in [-0.05, 0) is 38.2 Å². The van der Waals surface area contributed by atoms with Gasteiger partial charge in [0.05, 0.1) is 23.4 Å². The first-order valence-electron chi connectivity index (χ1n) is 7.01. The van der Waals surface area contributed by atoms with E-state index in [9.17, 15) is 4.39 Å². The number of hydrogen-bond donors (Lipinski definition) is 1. The van der Waals surface area contributed by atoms with Crippen LogP contribution in [0.5, 0.6) is 0 Å². The molecule has 0 aliphatic heterocycles. The van der Waals surface area contributed by atoms with Crippen LogP contribution in [0.4, 0.5) is 10.1 Å². The fourth-order valence-electron chi connectivity index (χ4n) is 2.33. The monoisotopic (exact) mass is 347 g/mol. The molecule has 7 heteroatoms. The number of thiophene rings is 1. The van der Waals surface area contributed by atoms with Crippen LogP contribution in [0.15, 0.2) is 24.3 Å². The van der Waals surface area contributed by atoms with Gasteiger partial charge in [0.25, 0.3) is 0 Å². The molecule has 1 aromatic carbocycles. The predicted molar refractivity (Wildman–Crippen MR) is 95.3 cm³/mol. The zero-order valence-electron chi connectivity index (χ0n) is 12.6. The quantitative estimate of drug-likeness (QED) is 0.723. The summed E-state index contributed by atoms with van der Waals surface area (Å²) < 4.78 is 19.6. The molecule has 2 heterocycles. The lowest BCUT2D eigenvalue weighted by Gasteiger charge is -2.07. The second kappa shape index (κ2) is 6.17. The molecule has 0 fully saturated rings. The molecule has 0 radical (unpaired) electrons. The average molecular weight is 347 g/mol. The fraction of sp³-hybridized carbons (Fsp3) is 0.188. The molecule has 2 N–H and O–H groups in total. The Labute approximate surface area is 142 Å². The third-order valence-corrected chi connectivity index (χ3v) is 4.84. The van der Waals surface area contributed by atoms with Gasteiger partial charge in [-0.25, -0.2) is 14.4 Å². The van der Waals surface area contributed by atoms with Crippen LogP contribution in [0.1, 0.15) is 17.6 Å². The first-order valence-corrected chi connectivity index (χ1v) is 8.24. The Morgan fingerprint density at radius 2 is 2.09 bits per heavy atom. The van der Waals surface area contributed by atoms with Crippen molar-refractivity contribution in [3.05, 3.63) is 40.8 Å². The summed E-state index contributed by atoms with van der Waals surface area (Å²) in [5, 5.41) is 0.938. The summed E-state index contributed by atoms with van der Waals surface area (Å²) in [5.74, 6) is 0.192. The van der Waals surface area contributed by atoms with E-state index in [0.29, 0.717) is 49.5 Å². The number of nitrogens with zero attached hydrogens (tertiary/aromatic N) is 2. The van der Waals surface area contributed by atoms with Gasteiger partial charge in [0.2, 0.25) is 5.05 Å². The third kappa shape index (κ3) is 2.77. The van der Waals surface area contributed by atoms with Crippen molar-refractivity contribution in [3.8, 4) is 11.3 Å². The van der Waals surface area contributed by atoms with Crippen molar-refractivity contribution >= 4 is 44.5 Å². The number of aromatic nitrogens is 2. The van der Waals surface area contributed by atoms with Gasteiger partial charge in [0.1, 0.15) is 21.3 Å². The summed E-state index contributed by atoms with van der Waals surface area (Å²) in [6.45, 7) is 4.07. The lowest BCUT2D eigenvalue weighted by atomic mass is 10.1. The van der Waals surface area contributed by atoms with Gasteiger partial charge in [0.15, 0.2) is 0 Å². The number of anilines is 1. The van der Waals surface area contributed by atoms with Gasteiger partial charge < -0.3 is 10.5 Å². The molecule has 0 unspecified atom stereocenters. The smallest absolute Gasteiger partial charge is 0.203 e. The second-order valence-corrected chi connectivity index (χ2v) is 6.21. The van der Waals surface area contributed by atoms with Gasteiger partial charge in [-0.1, -0.05) is 12.1 Å². The highest BCUT2D eigenvalue weighted by Gasteiger charge is 2.21. The summed E-state index contributed by atoms with van der Waals surface area (Å²) in [7, 11) is 0. The first kappa shape index (κ1) is 15.8. The standard InChI is InChI=1S/C16H14FN3OS2/c1-3-21-16(22)14-12(18)11-13(9-6-4-5-7-10(9)17)19-8(2)20-15(11)23-14/h4-7H,3,18H2,1-2H3. The molecule has 118 valence electrons. The van der Waals surface area contributed by atoms with Crippen LogP contribution in [0.25, 0.3) is 21.5 Å². The summed E-state index contributed by atoms with van der Waals surface area (Å²) in [6, 6.07) is 6.47. The number of aryl methyl sites for hydroxylation is 1. The van der Waals surface area contributed by atoms with Gasteiger partial charge in [-0.2, -0.15) is 0 Å². The van der Waals surface area contributed by atoms with Crippen molar-refractivity contribution < 1.29 is 9.13 Å². The summed E-state index contributed by atoms with van der Waals surface area (Å²) in [5.41, 5.74) is 7.55. The van der Waals surface area contributed by atoms with Crippen molar-refractivity contribution in [1.82, 2.24) is 9.97 Å². The summed E-state index contributed by atoms with van der Waals surface area (Å²) >= 11 is 6.59. The number of hydrogen-bond acceptors (Lipinski definition) is 6. The summed E-state index contributed by atoms with van der Waals surface area (Å²) in [6.07, 6.45) is 0. The van der Waals surface area contributed by atoms with E-state index in [2.05, 4.69) is 9.97 Å². The Balaban J connectivity index is 2.31.